The van der Waals surface area contributed by atoms with Crippen LogP contribution in [0.1, 0.15) is 33.6 Å². The van der Waals surface area contributed by atoms with Crippen LogP contribution in [-0.4, -0.2) is 31.4 Å². The van der Waals surface area contributed by atoms with Gasteiger partial charge >= 0.3 is 5.97 Å². The number of sulfonamides is 1. The molecule has 0 saturated heterocycles. The number of amides is 1. The van der Waals surface area contributed by atoms with Crippen LogP contribution < -0.4 is 10.0 Å². The number of hydrogen-bond acceptors (Lipinski definition) is 5. The normalized spacial score (nSPS) is 14.2. The minimum absolute atomic E-state index is 0.0971. The van der Waals surface area contributed by atoms with Gasteiger partial charge in [-0.25, -0.2) is 13.2 Å². The fourth-order valence-corrected chi connectivity index (χ4v) is 4.26. The Morgan fingerprint density at radius 2 is 1.92 bits per heavy atom. The monoisotopic (exact) mass is 366 g/mol. The Hall–Kier alpha value is -2.39. The largest absolute Gasteiger partial charge is 0.478 e. The van der Waals surface area contributed by atoms with Crippen LogP contribution in [0.3, 0.4) is 0 Å². The van der Waals surface area contributed by atoms with Crippen LogP contribution in [0.4, 0.5) is 5.69 Å². The minimum Gasteiger partial charge on any atom is -0.478 e. The third-order valence-electron chi connectivity index (χ3n) is 3.42. The second-order valence-corrected chi connectivity index (χ2v) is 8.18. The molecule has 0 aliphatic heterocycles. The molecule has 1 amide bonds. The minimum atomic E-state index is -3.97. The molecular weight excluding hydrogens is 352 g/mol. The summed E-state index contributed by atoms with van der Waals surface area (Å²) >= 11 is 0.807. The van der Waals surface area contributed by atoms with Crippen molar-refractivity contribution in [2.24, 2.45) is 0 Å². The molecule has 0 atom stereocenters. The number of hydrogen-bond donors (Lipinski definition) is 3. The summed E-state index contributed by atoms with van der Waals surface area (Å²) in [6.45, 7) is 0. The van der Waals surface area contributed by atoms with Crippen molar-refractivity contribution >= 4 is 38.9 Å². The van der Waals surface area contributed by atoms with Gasteiger partial charge in [-0.05, 0) is 31.0 Å². The zero-order valence-corrected chi connectivity index (χ0v) is 14.0. The van der Waals surface area contributed by atoms with Crippen molar-refractivity contribution in [2.75, 3.05) is 4.72 Å². The Morgan fingerprint density at radius 3 is 2.54 bits per heavy atom. The fourth-order valence-electron chi connectivity index (χ4n) is 2.03. The summed E-state index contributed by atoms with van der Waals surface area (Å²) in [6.07, 6.45) is 1.85. The quantitative estimate of drug-likeness (QED) is 0.725. The third kappa shape index (κ3) is 3.57. The van der Waals surface area contributed by atoms with E-state index in [-0.39, 0.29) is 33.0 Å². The summed E-state index contributed by atoms with van der Waals surface area (Å²) in [5, 5.41) is 13.0. The maximum atomic E-state index is 12.4. The molecule has 126 valence electrons. The van der Waals surface area contributed by atoms with Crippen LogP contribution in [-0.2, 0) is 10.0 Å². The Balaban J connectivity index is 1.86. The van der Waals surface area contributed by atoms with Crippen molar-refractivity contribution in [1.29, 1.82) is 0 Å². The highest BCUT2D eigenvalue weighted by atomic mass is 32.2. The Kier molecular flexibility index (Phi) is 4.29. The van der Waals surface area contributed by atoms with Crippen LogP contribution in [0, 0.1) is 0 Å². The number of anilines is 1. The van der Waals surface area contributed by atoms with E-state index in [1.807, 2.05) is 0 Å². The van der Waals surface area contributed by atoms with Gasteiger partial charge in [-0.1, -0.05) is 12.1 Å². The first-order chi connectivity index (χ1) is 11.4. The molecular formula is C15H14N2O5S2. The van der Waals surface area contributed by atoms with E-state index in [1.165, 1.54) is 17.5 Å². The summed E-state index contributed by atoms with van der Waals surface area (Å²) in [5.41, 5.74) is 0.282. The van der Waals surface area contributed by atoms with E-state index in [0.29, 0.717) is 0 Å². The molecule has 0 bridgehead atoms. The van der Waals surface area contributed by atoms with Gasteiger partial charge in [-0.2, -0.15) is 0 Å². The standard InChI is InChI=1S/C15H14N2O5S2/c18-14(16-10-5-6-10)11-3-1-2-4-12(11)17-24(21,22)13-7-9(8-23-13)15(19)20/h1-4,7-8,10,17H,5-6H2,(H,16,18)(H,19,20). The lowest BCUT2D eigenvalue weighted by molar-refractivity contribution is 0.0697. The van der Waals surface area contributed by atoms with Gasteiger partial charge in [0, 0.05) is 11.4 Å². The van der Waals surface area contributed by atoms with E-state index in [1.54, 1.807) is 12.1 Å². The van der Waals surface area contributed by atoms with E-state index >= 15 is 0 Å². The number of carboxylic acids is 1. The molecule has 1 heterocycles. The molecule has 1 fully saturated rings. The zero-order valence-electron chi connectivity index (χ0n) is 12.4. The molecule has 1 saturated carbocycles. The van der Waals surface area contributed by atoms with Gasteiger partial charge in [0.25, 0.3) is 15.9 Å². The van der Waals surface area contributed by atoms with E-state index in [2.05, 4.69) is 10.0 Å². The van der Waals surface area contributed by atoms with Crippen LogP contribution in [0.2, 0.25) is 0 Å². The highest BCUT2D eigenvalue weighted by molar-refractivity contribution is 7.94. The number of rotatable bonds is 6. The smallest absolute Gasteiger partial charge is 0.336 e. The van der Waals surface area contributed by atoms with Crippen molar-refractivity contribution < 1.29 is 23.1 Å². The molecule has 0 unspecified atom stereocenters. The second-order valence-electron chi connectivity index (χ2n) is 5.36. The number of carboxylic acid groups (broad SMARTS) is 1. The van der Waals surface area contributed by atoms with Crippen LogP contribution in [0.5, 0.6) is 0 Å². The molecule has 3 rings (SSSR count). The average molecular weight is 366 g/mol. The van der Waals surface area contributed by atoms with E-state index in [9.17, 15) is 18.0 Å². The number of benzene rings is 1. The van der Waals surface area contributed by atoms with Crippen molar-refractivity contribution in [2.45, 2.75) is 23.1 Å². The fraction of sp³-hybridized carbons (Fsp3) is 0.200. The lowest BCUT2D eigenvalue weighted by Gasteiger charge is -2.11. The van der Waals surface area contributed by atoms with E-state index in [0.717, 1.165) is 30.2 Å². The molecule has 0 spiro atoms. The highest BCUT2D eigenvalue weighted by Crippen LogP contribution is 2.26. The first-order valence-corrected chi connectivity index (χ1v) is 9.47. The molecule has 9 heteroatoms. The van der Waals surface area contributed by atoms with Crippen LogP contribution >= 0.6 is 11.3 Å². The Bertz CT molecular complexity index is 900. The Morgan fingerprint density at radius 1 is 1.21 bits per heavy atom. The van der Waals surface area contributed by atoms with Crippen molar-refractivity contribution in [3.8, 4) is 0 Å². The number of nitrogens with one attached hydrogen (secondary N) is 2. The van der Waals surface area contributed by atoms with Gasteiger partial charge in [0.2, 0.25) is 0 Å². The lowest BCUT2D eigenvalue weighted by Crippen LogP contribution is -2.26. The van der Waals surface area contributed by atoms with E-state index < -0.39 is 16.0 Å². The topological polar surface area (TPSA) is 113 Å². The summed E-state index contributed by atoms with van der Waals surface area (Å²) < 4.78 is 27.1. The molecule has 1 aromatic carbocycles. The molecule has 24 heavy (non-hydrogen) atoms. The van der Waals surface area contributed by atoms with Crippen molar-refractivity contribution in [3.63, 3.8) is 0 Å². The van der Waals surface area contributed by atoms with Crippen LogP contribution in [0.25, 0.3) is 0 Å². The average Bonchev–Trinajstić information content (AvgIpc) is 3.17. The molecule has 0 radical (unpaired) electrons. The highest BCUT2D eigenvalue weighted by Gasteiger charge is 2.26. The number of aromatic carboxylic acids is 1. The maximum absolute atomic E-state index is 12.4. The number of carbonyl (C=O) groups is 2. The predicted octanol–water partition coefficient (Wildman–Crippen LogP) is 2.14. The first-order valence-electron chi connectivity index (χ1n) is 7.11. The number of para-hydroxylation sites is 1. The van der Waals surface area contributed by atoms with Gasteiger partial charge in [-0.3, -0.25) is 9.52 Å². The molecule has 1 aliphatic rings. The molecule has 1 aromatic heterocycles. The number of carbonyl (C=O) groups excluding carboxylic acids is 1. The summed E-state index contributed by atoms with van der Waals surface area (Å²) in [7, 11) is -3.97. The van der Waals surface area contributed by atoms with Crippen molar-refractivity contribution in [1.82, 2.24) is 5.32 Å². The SMILES string of the molecule is O=C(O)c1csc(S(=O)(=O)Nc2ccccc2C(=O)NC2CC2)c1. The van der Waals surface area contributed by atoms with E-state index in [4.69, 9.17) is 5.11 Å². The summed E-state index contributed by atoms with van der Waals surface area (Å²) in [4.78, 5) is 23.1. The summed E-state index contributed by atoms with van der Waals surface area (Å²) in [6, 6.07) is 7.52. The Labute approximate surface area is 142 Å². The molecule has 3 N–H and O–H groups in total. The molecule has 1 aliphatic carbocycles. The zero-order chi connectivity index (χ0) is 17.3. The maximum Gasteiger partial charge on any atom is 0.336 e. The van der Waals surface area contributed by atoms with Gasteiger partial charge in [0.05, 0.1) is 16.8 Å². The van der Waals surface area contributed by atoms with Crippen LogP contribution in [0.15, 0.2) is 39.9 Å². The van der Waals surface area contributed by atoms with Gasteiger partial charge in [0.1, 0.15) is 4.21 Å². The predicted molar refractivity (Wildman–Crippen MR) is 89.0 cm³/mol. The second kappa shape index (κ2) is 6.25. The number of thiophene rings is 1. The van der Waals surface area contributed by atoms with Gasteiger partial charge in [-0.15, -0.1) is 11.3 Å². The lowest BCUT2D eigenvalue weighted by atomic mass is 10.1. The third-order valence-corrected chi connectivity index (χ3v) is 6.22. The summed E-state index contributed by atoms with van der Waals surface area (Å²) in [5.74, 6) is -1.54. The molecule has 7 nitrogen and oxygen atoms in total. The first kappa shape index (κ1) is 16.5. The van der Waals surface area contributed by atoms with Gasteiger partial charge < -0.3 is 10.4 Å². The molecule has 2 aromatic rings. The van der Waals surface area contributed by atoms with Crippen molar-refractivity contribution in [3.05, 3.63) is 46.8 Å². The van der Waals surface area contributed by atoms with Gasteiger partial charge in [0.15, 0.2) is 0 Å².